The molecular weight excluding hydrogens is 224 g/mol. The summed E-state index contributed by atoms with van der Waals surface area (Å²) in [6, 6.07) is 11.7. The summed E-state index contributed by atoms with van der Waals surface area (Å²) in [6.45, 7) is 0. The number of aromatic amines is 1. The number of aromatic nitrogens is 3. The number of hydrogen-bond acceptors (Lipinski definition) is 3. The van der Waals surface area contributed by atoms with Crippen molar-refractivity contribution in [2.24, 2.45) is 0 Å². The normalized spacial score (nSPS) is 10.9. The van der Waals surface area contributed by atoms with Crippen molar-refractivity contribution in [3.63, 3.8) is 0 Å². The van der Waals surface area contributed by atoms with Gasteiger partial charge in [-0.05, 0) is 30.7 Å². The predicted molar refractivity (Wildman–Crippen MR) is 72.2 cm³/mol. The van der Waals surface area contributed by atoms with Gasteiger partial charge >= 0.3 is 0 Å². The highest BCUT2D eigenvalue weighted by Gasteiger charge is 2.05. The first-order valence-electron chi connectivity index (χ1n) is 5.96. The maximum absolute atomic E-state index is 5.88. The zero-order valence-corrected chi connectivity index (χ0v) is 9.93. The predicted octanol–water partition coefficient (Wildman–Crippen LogP) is 2.33. The average Bonchev–Trinajstić information content (AvgIpc) is 2.82. The molecule has 0 amide bonds. The number of benzene rings is 1. The van der Waals surface area contributed by atoms with Crippen LogP contribution in [0.15, 0.2) is 42.6 Å². The minimum Gasteiger partial charge on any atom is -0.397 e. The molecule has 0 aliphatic heterocycles. The minimum atomic E-state index is 0.716. The lowest BCUT2D eigenvalue weighted by Crippen LogP contribution is -1.95. The molecular formula is C14H14N4. The summed E-state index contributed by atoms with van der Waals surface area (Å²) in [7, 11) is 0. The van der Waals surface area contributed by atoms with Crippen molar-refractivity contribution < 1.29 is 0 Å². The van der Waals surface area contributed by atoms with Gasteiger partial charge in [0.15, 0.2) is 0 Å². The molecule has 0 fully saturated rings. The summed E-state index contributed by atoms with van der Waals surface area (Å²) in [5.74, 6) is 0.952. The number of anilines is 1. The number of hydrogen-bond donors (Lipinski definition) is 2. The molecule has 2 heterocycles. The van der Waals surface area contributed by atoms with Crippen LogP contribution < -0.4 is 5.73 Å². The van der Waals surface area contributed by atoms with Crippen LogP contribution in [0.4, 0.5) is 5.69 Å². The van der Waals surface area contributed by atoms with Gasteiger partial charge in [0.2, 0.25) is 0 Å². The number of aryl methyl sites for hydroxylation is 2. The fourth-order valence-electron chi connectivity index (χ4n) is 2.02. The maximum Gasteiger partial charge on any atom is 0.111 e. The van der Waals surface area contributed by atoms with Crippen molar-refractivity contribution in [2.75, 3.05) is 5.73 Å². The van der Waals surface area contributed by atoms with E-state index in [4.69, 9.17) is 5.73 Å². The van der Waals surface area contributed by atoms with Crippen LogP contribution in [0.2, 0.25) is 0 Å². The number of rotatable bonds is 3. The number of nitrogens with zero attached hydrogens (tertiary/aromatic N) is 2. The Balaban J connectivity index is 1.81. The van der Waals surface area contributed by atoms with Crippen LogP contribution in [0.3, 0.4) is 0 Å². The molecule has 0 atom stereocenters. The molecule has 18 heavy (non-hydrogen) atoms. The van der Waals surface area contributed by atoms with E-state index in [1.54, 1.807) is 0 Å². The van der Waals surface area contributed by atoms with Crippen LogP contribution >= 0.6 is 0 Å². The van der Waals surface area contributed by atoms with Crippen molar-refractivity contribution >= 4 is 16.7 Å². The Bertz CT molecular complexity index is 658. The van der Waals surface area contributed by atoms with Gasteiger partial charge in [-0.3, -0.25) is 4.98 Å². The fraction of sp³-hybridized carbons (Fsp3) is 0.143. The minimum absolute atomic E-state index is 0.716. The lowest BCUT2D eigenvalue weighted by atomic mass is 10.2. The number of H-pyrrole nitrogens is 1. The van der Waals surface area contributed by atoms with E-state index in [0.29, 0.717) is 5.69 Å². The Labute approximate surface area is 105 Å². The Kier molecular flexibility index (Phi) is 2.68. The van der Waals surface area contributed by atoms with Crippen LogP contribution in [0.25, 0.3) is 11.0 Å². The highest BCUT2D eigenvalue weighted by Crippen LogP contribution is 2.18. The molecule has 0 aliphatic rings. The topological polar surface area (TPSA) is 67.6 Å². The van der Waals surface area contributed by atoms with E-state index in [1.165, 1.54) is 0 Å². The zero-order chi connectivity index (χ0) is 12.4. The van der Waals surface area contributed by atoms with Gasteiger partial charge in [-0.25, -0.2) is 4.98 Å². The first-order valence-corrected chi connectivity index (χ1v) is 5.96. The number of pyridine rings is 1. The van der Waals surface area contributed by atoms with E-state index in [2.05, 4.69) is 15.0 Å². The first-order chi connectivity index (χ1) is 8.83. The second-order valence-corrected chi connectivity index (χ2v) is 4.25. The smallest absolute Gasteiger partial charge is 0.111 e. The molecule has 0 saturated carbocycles. The van der Waals surface area contributed by atoms with E-state index < -0.39 is 0 Å². The molecule has 0 spiro atoms. The molecule has 2 aromatic heterocycles. The van der Waals surface area contributed by atoms with Crippen molar-refractivity contribution in [2.45, 2.75) is 12.8 Å². The summed E-state index contributed by atoms with van der Waals surface area (Å²) in [5, 5.41) is 0. The Morgan fingerprint density at radius 2 is 2.00 bits per heavy atom. The van der Waals surface area contributed by atoms with Gasteiger partial charge in [-0.15, -0.1) is 0 Å². The van der Waals surface area contributed by atoms with Crippen LogP contribution in [0, 0.1) is 0 Å². The number of nitrogen functional groups attached to an aromatic ring is 1. The Morgan fingerprint density at radius 1 is 1.06 bits per heavy atom. The summed E-state index contributed by atoms with van der Waals surface area (Å²) in [5.41, 5.74) is 9.52. The molecule has 4 nitrogen and oxygen atoms in total. The van der Waals surface area contributed by atoms with Gasteiger partial charge < -0.3 is 10.7 Å². The van der Waals surface area contributed by atoms with Crippen LogP contribution in [0.5, 0.6) is 0 Å². The number of nitrogens with one attached hydrogen (secondary N) is 1. The van der Waals surface area contributed by atoms with Crippen molar-refractivity contribution in [3.8, 4) is 0 Å². The molecule has 0 bridgehead atoms. The molecule has 0 unspecified atom stereocenters. The van der Waals surface area contributed by atoms with Crippen LogP contribution in [0.1, 0.15) is 11.5 Å². The molecule has 0 saturated heterocycles. The van der Waals surface area contributed by atoms with E-state index in [0.717, 1.165) is 35.4 Å². The van der Waals surface area contributed by atoms with Crippen molar-refractivity contribution in [1.82, 2.24) is 15.0 Å². The molecule has 0 aliphatic carbocycles. The second kappa shape index (κ2) is 4.49. The van der Waals surface area contributed by atoms with E-state index in [9.17, 15) is 0 Å². The summed E-state index contributed by atoms with van der Waals surface area (Å²) in [4.78, 5) is 12.1. The van der Waals surface area contributed by atoms with Crippen molar-refractivity contribution in [1.29, 1.82) is 0 Å². The molecule has 4 heteroatoms. The van der Waals surface area contributed by atoms with Gasteiger partial charge in [0, 0.05) is 18.3 Å². The third-order valence-corrected chi connectivity index (χ3v) is 2.94. The fourth-order valence-corrected chi connectivity index (χ4v) is 2.02. The van der Waals surface area contributed by atoms with Crippen molar-refractivity contribution in [3.05, 3.63) is 54.1 Å². The molecule has 3 N–H and O–H groups in total. The average molecular weight is 238 g/mol. The van der Waals surface area contributed by atoms with Gasteiger partial charge in [0.05, 0.1) is 11.2 Å². The third-order valence-electron chi connectivity index (χ3n) is 2.94. The van der Waals surface area contributed by atoms with Crippen LogP contribution in [-0.2, 0) is 12.8 Å². The molecule has 3 rings (SSSR count). The number of nitrogens with two attached hydrogens (primary N) is 1. The van der Waals surface area contributed by atoms with Crippen LogP contribution in [-0.4, -0.2) is 15.0 Å². The summed E-state index contributed by atoms with van der Waals surface area (Å²) in [6.07, 6.45) is 3.53. The van der Waals surface area contributed by atoms with E-state index in [-0.39, 0.29) is 0 Å². The first kappa shape index (κ1) is 10.8. The zero-order valence-electron chi connectivity index (χ0n) is 9.93. The third kappa shape index (κ3) is 2.05. The maximum atomic E-state index is 5.88. The van der Waals surface area contributed by atoms with Gasteiger partial charge in [-0.1, -0.05) is 12.1 Å². The van der Waals surface area contributed by atoms with Gasteiger partial charge in [0.1, 0.15) is 11.3 Å². The van der Waals surface area contributed by atoms with E-state index >= 15 is 0 Å². The quantitative estimate of drug-likeness (QED) is 0.688. The highest BCUT2D eigenvalue weighted by atomic mass is 14.9. The number of imidazole rings is 1. The SMILES string of the molecule is Nc1cccc2[nH]c(CCc3ccccn3)nc12. The lowest BCUT2D eigenvalue weighted by Gasteiger charge is -1.96. The second-order valence-electron chi connectivity index (χ2n) is 4.25. The molecule has 1 aromatic carbocycles. The molecule has 3 aromatic rings. The standard InChI is InChI=1S/C14H14N4/c15-11-5-3-6-12-14(11)18-13(17-12)8-7-10-4-1-2-9-16-10/h1-6,9H,7-8,15H2,(H,17,18). The Hall–Kier alpha value is -2.36. The van der Waals surface area contributed by atoms with E-state index in [1.807, 2.05) is 42.6 Å². The largest absolute Gasteiger partial charge is 0.397 e. The number of fused-ring (bicyclic) bond motifs is 1. The molecule has 0 radical (unpaired) electrons. The molecule has 90 valence electrons. The Morgan fingerprint density at radius 3 is 2.78 bits per heavy atom. The van der Waals surface area contributed by atoms with Gasteiger partial charge in [0.25, 0.3) is 0 Å². The monoisotopic (exact) mass is 238 g/mol. The van der Waals surface area contributed by atoms with Gasteiger partial charge in [-0.2, -0.15) is 0 Å². The lowest BCUT2D eigenvalue weighted by molar-refractivity contribution is 0.861. The highest BCUT2D eigenvalue weighted by molar-refractivity contribution is 5.86. The summed E-state index contributed by atoms with van der Waals surface area (Å²) < 4.78 is 0. The number of para-hydroxylation sites is 1. The summed E-state index contributed by atoms with van der Waals surface area (Å²) >= 11 is 0.